The van der Waals surface area contributed by atoms with E-state index in [1.165, 1.54) is 31.4 Å². The molecule has 1 aliphatic carbocycles. The average molecular weight is 304 g/mol. The molecule has 0 bridgehead atoms. The van der Waals surface area contributed by atoms with E-state index in [1.54, 1.807) is 4.90 Å². The number of amides is 2. The zero-order chi connectivity index (χ0) is 15.5. The van der Waals surface area contributed by atoms with Crippen LogP contribution in [0.15, 0.2) is 18.5 Å². The molecule has 1 atom stereocenters. The second-order valence-corrected chi connectivity index (χ2v) is 6.77. The molecular weight excluding hydrogens is 276 g/mol. The van der Waals surface area contributed by atoms with Crippen LogP contribution in [0.3, 0.4) is 0 Å². The predicted molar refractivity (Wildman–Crippen MR) is 87.7 cm³/mol. The van der Waals surface area contributed by atoms with Crippen LogP contribution < -0.4 is 5.32 Å². The Morgan fingerprint density at radius 2 is 2.23 bits per heavy atom. The second-order valence-electron chi connectivity index (χ2n) is 6.77. The lowest BCUT2D eigenvalue weighted by Crippen LogP contribution is -2.39. The first-order valence-electron chi connectivity index (χ1n) is 8.53. The maximum atomic E-state index is 12.2. The molecule has 2 aliphatic rings. The number of rotatable bonds is 6. The number of nitrogens with one attached hydrogen (secondary N) is 1. The van der Waals surface area contributed by atoms with Gasteiger partial charge in [-0.3, -0.25) is 0 Å². The van der Waals surface area contributed by atoms with Gasteiger partial charge in [-0.25, -0.2) is 4.79 Å². The largest absolute Gasteiger partial charge is 0.354 e. The van der Waals surface area contributed by atoms with E-state index in [0.29, 0.717) is 12.5 Å². The fourth-order valence-electron chi connectivity index (χ4n) is 3.29. The van der Waals surface area contributed by atoms with Crippen molar-refractivity contribution in [1.29, 1.82) is 0 Å². The lowest BCUT2D eigenvalue weighted by Gasteiger charge is -2.19. The molecular formula is C17H28N4O. The lowest BCUT2D eigenvalue weighted by atomic mass is 10.1. The van der Waals surface area contributed by atoms with Crippen molar-refractivity contribution < 1.29 is 4.79 Å². The van der Waals surface area contributed by atoms with E-state index in [0.717, 1.165) is 25.7 Å². The van der Waals surface area contributed by atoms with Crippen molar-refractivity contribution in [2.45, 2.75) is 45.3 Å². The Bertz CT molecular complexity index is 509. The van der Waals surface area contributed by atoms with Gasteiger partial charge in [-0.2, -0.15) is 0 Å². The number of likely N-dealkylation sites (tertiary alicyclic amines) is 1. The van der Waals surface area contributed by atoms with Crippen molar-refractivity contribution >= 4 is 6.03 Å². The molecule has 1 aromatic rings. The number of hydrogen-bond acceptors (Lipinski definition) is 2. The summed E-state index contributed by atoms with van der Waals surface area (Å²) in [7, 11) is 1.86. The quantitative estimate of drug-likeness (QED) is 0.874. The Morgan fingerprint density at radius 1 is 1.41 bits per heavy atom. The summed E-state index contributed by atoms with van der Waals surface area (Å²) in [6, 6.07) is 2.97. The van der Waals surface area contributed by atoms with E-state index in [2.05, 4.69) is 40.2 Å². The van der Waals surface area contributed by atoms with Crippen LogP contribution in [0.1, 0.15) is 31.7 Å². The summed E-state index contributed by atoms with van der Waals surface area (Å²) in [6.07, 6.45) is 8.14. The summed E-state index contributed by atoms with van der Waals surface area (Å²) in [5.74, 6) is 0.624. The number of aryl methyl sites for hydroxylation is 1. The van der Waals surface area contributed by atoms with Crippen LogP contribution in [0.25, 0.3) is 0 Å². The summed E-state index contributed by atoms with van der Waals surface area (Å²) >= 11 is 0. The van der Waals surface area contributed by atoms with Gasteiger partial charge in [-0.1, -0.05) is 0 Å². The third-order valence-corrected chi connectivity index (χ3v) is 4.87. The van der Waals surface area contributed by atoms with E-state index in [4.69, 9.17) is 0 Å². The monoisotopic (exact) mass is 304 g/mol. The van der Waals surface area contributed by atoms with Crippen molar-refractivity contribution in [3.05, 3.63) is 24.0 Å². The van der Waals surface area contributed by atoms with E-state index >= 15 is 0 Å². The Hall–Kier alpha value is -1.49. The first-order valence-corrected chi connectivity index (χ1v) is 8.53. The second kappa shape index (κ2) is 6.73. The predicted octanol–water partition coefficient (Wildman–Crippen LogP) is 2.13. The Balaban J connectivity index is 1.39. The molecule has 2 fully saturated rings. The average Bonchev–Trinajstić information content (AvgIpc) is 3.09. The highest BCUT2D eigenvalue weighted by Crippen LogP contribution is 2.31. The molecule has 1 aliphatic heterocycles. The zero-order valence-electron chi connectivity index (χ0n) is 13.8. The third kappa shape index (κ3) is 3.83. The maximum absolute atomic E-state index is 12.2. The van der Waals surface area contributed by atoms with Gasteiger partial charge in [0, 0.05) is 51.7 Å². The van der Waals surface area contributed by atoms with Crippen LogP contribution in [0.4, 0.5) is 4.79 Å². The van der Waals surface area contributed by atoms with Crippen molar-refractivity contribution in [3.63, 3.8) is 0 Å². The van der Waals surface area contributed by atoms with Crippen molar-refractivity contribution in [1.82, 2.24) is 19.7 Å². The van der Waals surface area contributed by atoms with Gasteiger partial charge in [0.05, 0.1) is 0 Å². The standard InChI is InChI=1S/C17H28N4O/c1-3-20-8-6-15(12-20)11-19(2)17(22)18-10-14-7-9-21(13-14)16-4-5-16/h6,8,12,14,16H,3-5,7,9-11,13H2,1-2H3,(H,18,22). The molecule has 1 N–H and O–H groups in total. The van der Waals surface area contributed by atoms with Gasteiger partial charge in [0.25, 0.3) is 0 Å². The Labute approximate surface area is 133 Å². The minimum atomic E-state index is 0.0362. The molecule has 0 radical (unpaired) electrons. The highest BCUT2D eigenvalue weighted by atomic mass is 16.2. The number of hydrogen-bond donors (Lipinski definition) is 1. The molecule has 1 saturated heterocycles. The van der Waals surface area contributed by atoms with Gasteiger partial charge >= 0.3 is 6.03 Å². The van der Waals surface area contributed by atoms with Crippen molar-refractivity contribution in [2.75, 3.05) is 26.7 Å². The fraction of sp³-hybridized carbons (Fsp3) is 0.706. The Kier molecular flexibility index (Phi) is 4.71. The first kappa shape index (κ1) is 15.4. The molecule has 1 saturated carbocycles. The number of nitrogens with zero attached hydrogens (tertiary/aromatic N) is 3. The van der Waals surface area contributed by atoms with Gasteiger partial charge in [0.2, 0.25) is 0 Å². The third-order valence-electron chi connectivity index (χ3n) is 4.87. The number of urea groups is 1. The van der Waals surface area contributed by atoms with Crippen molar-refractivity contribution in [2.24, 2.45) is 5.92 Å². The summed E-state index contributed by atoms with van der Waals surface area (Å²) in [4.78, 5) is 16.6. The topological polar surface area (TPSA) is 40.5 Å². The molecule has 1 unspecified atom stereocenters. The molecule has 5 heteroatoms. The number of carbonyl (C=O) groups is 1. The van der Waals surface area contributed by atoms with Crippen molar-refractivity contribution in [3.8, 4) is 0 Å². The van der Waals surface area contributed by atoms with Crippen LogP contribution in [0.2, 0.25) is 0 Å². The zero-order valence-corrected chi connectivity index (χ0v) is 13.8. The first-order chi connectivity index (χ1) is 10.7. The molecule has 122 valence electrons. The lowest BCUT2D eigenvalue weighted by molar-refractivity contribution is 0.204. The van der Waals surface area contributed by atoms with E-state index in [1.807, 2.05) is 7.05 Å². The summed E-state index contributed by atoms with van der Waals surface area (Å²) < 4.78 is 2.13. The normalized spacial score (nSPS) is 22.0. The fourth-order valence-corrected chi connectivity index (χ4v) is 3.29. The summed E-state index contributed by atoms with van der Waals surface area (Å²) in [6.45, 7) is 6.93. The molecule has 2 amide bonds. The highest BCUT2D eigenvalue weighted by molar-refractivity contribution is 5.73. The van der Waals surface area contributed by atoms with Crippen LogP contribution in [0, 0.1) is 5.92 Å². The van der Waals surface area contributed by atoms with Crippen LogP contribution in [0.5, 0.6) is 0 Å². The Morgan fingerprint density at radius 3 is 2.91 bits per heavy atom. The van der Waals surface area contributed by atoms with Crippen LogP contribution in [-0.4, -0.2) is 53.1 Å². The summed E-state index contributed by atoms with van der Waals surface area (Å²) in [5, 5.41) is 3.10. The van der Waals surface area contributed by atoms with Crippen LogP contribution >= 0.6 is 0 Å². The van der Waals surface area contributed by atoms with Crippen LogP contribution in [-0.2, 0) is 13.1 Å². The highest BCUT2D eigenvalue weighted by Gasteiger charge is 2.34. The maximum Gasteiger partial charge on any atom is 0.317 e. The minimum absolute atomic E-state index is 0.0362. The minimum Gasteiger partial charge on any atom is -0.354 e. The molecule has 0 aromatic carbocycles. The number of aromatic nitrogens is 1. The molecule has 0 spiro atoms. The van der Waals surface area contributed by atoms with Gasteiger partial charge in [-0.15, -0.1) is 0 Å². The van der Waals surface area contributed by atoms with Gasteiger partial charge < -0.3 is 19.7 Å². The molecule has 3 rings (SSSR count). The van der Waals surface area contributed by atoms with Gasteiger partial charge in [-0.05, 0) is 50.3 Å². The molecule has 2 heterocycles. The van der Waals surface area contributed by atoms with E-state index in [-0.39, 0.29) is 6.03 Å². The molecule has 1 aromatic heterocycles. The van der Waals surface area contributed by atoms with Gasteiger partial charge in [0.1, 0.15) is 0 Å². The SMILES string of the molecule is CCn1ccc(CN(C)C(=O)NCC2CCN(C3CC3)C2)c1. The number of carbonyl (C=O) groups excluding carboxylic acids is 1. The molecule has 5 nitrogen and oxygen atoms in total. The summed E-state index contributed by atoms with van der Waals surface area (Å²) in [5.41, 5.74) is 1.18. The smallest absolute Gasteiger partial charge is 0.317 e. The van der Waals surface area contributed by atoms with E-state index in [9.17, 15) is 4.79 Å². The molecule has 22 heavy (non-hydrogen) atoms. The van der Waals surface area contributed by atoms with Gasteiger partial charge in [0.15, 0.2) is 0 Å². The van der Waals surface area contributed by atoms with E-state index < -0.39 is 0 Å².